The summed E-state index contributed by atoms with van der Waals surface area (Å²) in [6.45, 7) is 10.2. The molecule has 0 N–H and O–H groups in total. The number of likely N-dealkylation sites (N-methyl/N-ethyl adjacent to an activating group) is 1. The van der Waals surface area contributed by atoms with Crippen LogP contribution in [0.5, 0.6) is 0 Å². The first-order valence-corrected chi connectivity index (χ1v) is 11.0. The van der Waals surface area contributed by atoms with Crippen LogP contribution < -0.4 is 0 Å². The van der Waals surface area contributed by atoms with Crippen LogP contribution in [-0.2, 0) is 11.3 Å². The molecule has 158 valence electrons. The molecule has 1 unspecified atom stereocenters. The van der Waals surface area contributed by atoms with Gasteiger partial charge in [0.05, 0.1) is 11.6 Å². The standard InChI is InChI=1S/C25H32N4O/c1-3-28(4-2)24(23-9-6-5-7-10-23)25(30)29-16-8-15-27(17-18-29)20-22-13-11-21(19-26)12-14-22/h5-7,9-14,24H,3-4,8,15-18,20H2,1-2H3. The fourth-order valence-corrected chi connectivity index (χ4v) is 4.20. The Morgan fingerprint density at radius 2 is 1.70 bits per heavy atom. The molecule has 2 aromatic rings. The van der Waals surface area contributed by atoms with E-state index in [4.69, 9.17) is 5.26 Å². The van der Waals surface area contributed by atoms with Gasteiger partial charge in [-0.05, 0) is 42.8 Å². The lowest BCUT2D eigenvalue weighted by atomic mass is 10.0. The normalized spacial score (nSPS) is 16.1. The molecule has 2 aromatic carbocycles. The summed E-state index contributed by atoms with van der Waals surface area (Å²) in [5, 5.41) is 8.97. The van der Waals surface area contributed by atoms with Crippen LogP contribution in [0.2, 0.25) is 0 Å². The van der Waals surface area contributed by atoms with Crippen molar-refractivity contribution in [2.45, 2.75) is 32.9 Å². The molecule has 0 saturated carbocycles. The third kappa shape index (κ3) is 5.47. The van der Waals surface area contributed by atoms with E-state index < -0.39 is 0 Å². The van der Waals surface area contributed by atoms with Gasteiger partial charge in [0.15, 0.2) is 0 Å². The second kappa shape index (κ2) is 10.9. The molecule has 1 saturated heterocycles. The second-order valence-electron chi connectivity index (χ2n) is 7.80. The minimum Gasteiger partial charge on any atom is -0.340 e. The van der Waals surface area contributed by atoms with Crippen molar-refractivity contribution in [2.24, 2.45) is 0 Å². The van der Waals surface area contributed by atoms with Crippen LogP contribution in [0.25, 0.3) is 0 Å². The van der Waals surface area contributed by atoms with Crippen molar-refractivity contribution in [3.8, 4) is 6.07 Å². The number of carbonyl (C=O) groups is 1. The lowest BCUT2D eigenvalue weighted by Gasteiger charge is -2.33. The first kappa shape index (κ1) is 22.0. The van der Waals surface area contributed by atoms with Crippen LogP contribution in [0.15, 0.2) is 54.6 Å². The molecular formula is C25H32N4O. The summed E-state index contributed by atoms with van der Waals surface area (Å²) in [6, 6.07) is 19.9. The van der Waals surface area contributed by atoms with E-state index in [2.05, 4.69) is 46.7 Å². The van der Waals surface area contributed by atoms with Gasteiger partial charge in [0.1, 0.15) is 6.04 Å². The number of hydrogen-bond donors (Lipinski definition) is 0. The molecule has 0 radical (unpaired) electrons. The zero-order chi connectivity index (χ0) is 21.3. The van der Waals surface area contributed by atoms with Crippen molar-refractivity contribution in [3.05, 3.63) is 71.3 Å². The molecule has 30 heavy (non-hydrogen) atoms. The van der Waals surface area contributed by atoms with Gasteiger partial charge in [0.25, 0.3) is 0 Å². The molecule has 0 aliphatic carbocycles. The van der Waals surface area contributed by atoms with Crippen molar-refractivity contribution in [1.29, 1.82) is 5.26 Å². The maximum atomic E-state index is 13.6. The molecule has 1 atom stereocenters. The van der Waals surface area contributed by atoms with Crippen molar-refractivity contribution >= 4 is 5.91 Å². The molecule has 5 heteroatoms. The summed E-state index contributed by atoms with van der Waals surface area (Å²) in [6.07, 6.45) is 0.974. The summed E-state index contributed by atoms with van der Waals surface area (Å²) in [7, 11) is 0. The molecule has 1 aliphatic rings. The smallest absolute Gasteiger partial charge is 0.244 e. The van der Waals surface area contributed by atoms with E-state index in [0.717, 1.165) is 57.8 Å². The number of benzene rings is 2. The van der Waals surface area contributed by atoms with Gasteiger partial charge in [-0.2, -0.15) is 5.26 Å². The van der Waals surface area contributed by atoms with Gasteiger partial charge in [-0.25, -0.2) is 0 Å². The summed E-state index contributed by atoms with van der Waals surface area (Å²) < 4.78 is 0. The van der Waals surface area contributed by atoms with Gasteiger partial charge < -0.3 is 4.90 Å². The molecule has 1 fully saturated rings. The van der Waals surface area contributed by atoms with E-state index in [9.17, 15) is 4.79 Å². The number of hydrogen-bond acceptors (Lipinski definition) is 4. The van der Waals surface area contributed by atoms with Crippen LogP contribution in [0, 0.1) is 11.3 Å². The summed E-state index contributed by atoms with van der Waals surface area (Å²) in [4.78, 5) is 20.3. The van der Waals surface area contributed by atoms with Crippen LogP contribution in [-0.4, -0.2) is 59.9 Å². The van der Waals surface area contributed by atoms with E-state index in [0.29, 0.717) is 5.56 Å². The Kier molecular flexibility index (Phi) is 8.01. The monoisotopic (exact) mass is 404 g/mol. The number of carbonyl (C=O) groups excluding carboxylic acids is 1. The summed E-state index contributed by atoms with van der Waals surface area (Å²) in [5.74, 6) is 0.213. The molecule has 0 aromatic heterocycles. The van der Waals surface area contributed by atoms with E-state index >= 15 is 0 Å². The Morgan fingerprint density at radius 1 is 1.00 bits per heavy atom. The molecule has 1 heterocycles. The maximum Gasteiger partial charge on any atom is 0.244 e. The molecule has 5 nitrogen and oxygen atoms in total. The first-order valence-electron chi connectivity index (χ1n) is 11.0. The molecule has 3 rings (SSSR count). The van der Waals surface area contributed by atoms with E-state index in [1.54, 1.807) is 0 Å². The van der Waals surface area contributed by atoms with Crippen molar-refractivity contribution in [1.82, 2.24) is 14.7 Å². The number of amides is 1. The second-order valence-corrected chi connectivity index (χ2v) is 7.80. The highest BCUT2D eigenvalue weighted by molar-refractivity contribution is 5.83. The number of nitriles is 1. The van der Waals surface area contributed by atoms with E-state index in [1.165, 1.54) is 5.56 Å². The zero-order valence-electron chi connectivity index (χ0n) is 18.1. The van der Waals surface area contributed by atoms with Gasteiger partial charge in [-0.15, -0.1) is 0 Å². The molecular weight excluding hydrogens is 372 g/mol. The highest BCUT2D eigenvalue weighted by Crippen LogP contribution is 2.24. The van der Waals surface area contributed by atoms with Gasteiger partial charge in [-0.1, -0.05) is 56.3 Å². The Morgan fingerprint density at radius 3 is 2.33 bits per heavy atom. The molecule has 0 spiro atoms. The predicted octanol–water partition coefficient (Wildman–Crippen LogP) is 3.68. The van der Waals surface area contributed by atoms with Crippen LogP contribution in [0.3, 0.4) is 0 Å². The fraction of sp³-hybridized carbons (Fsp3) is 0.440. The van der Waals surface area contributed by atoms with Gasteiger partial charge in [0, 0.05) is 32.7 Å². The average Bonchev–Trinajstić information content (AvgIpc) is 3.03. The van der Waals surface area contributed by atoms with E-state index in [1.807, 2.05) is 42.5 Å². The molecule has 1 aliphatic heterocycles. The van der Waals surface area contributed by atoms with Crippen molar-refractivity contribution in [3.63, 3.8) is 0 Å². The Balaban J connectivity index is 1.67. The maximum absolute atomic E-state index is 13.6. The predicted molar refractivity (Wildman–Crippen MR) is 120 cm³/mol. The van der Waals surface area contributed by atoms with Gasteiger partial charge in [0.2, 0.25) is 5.91 Å². The first-order chi connectivity index (χ1) is 14.7. The highest BCUT2D eigenvalue weighted by Gasteiger charge is 2.30. The fourth-order valence-electron chi connectivity index (χ4n) is 4.20. The van der Waals surface area contributed by atoms with Crippen molar-refractivity contribution < 1.29 is 4.79 Å². The van der Waals surface area contributed by atoms with Crippen LogP contribution in [0.4, 0.5) is 0 Å². The lowest BCUT2D eigenvalue weighted by Crippen LogP contribution is -2.44. The highest BCUT2D eigenvalue weighted by atomic mass is 16.2. The molecule has 1 amide bonds. The Labute approximate surface area is 180 Å². The third-order valence-electron chi connectivity index (χ3n) is 5.92. The van der Waals surface area contributed by atoms with Gasteiger partial charge >= 0.3 is 0 Å². The minimum absolute atomic E-state index is 0.213. The zero-order valence-corrected chi connectivity index (χ0v) is 18.1. The van der Waals surface area contributed by atoms with Crippen LogP contribution >= 0.6 is 0 Å². The lowest BCUT2D eigenvalue weighted by molar-refractivity contribution is -0.137. The third-order valence-corrected chi connectivity index (χ3v) is 5.92. The Hall–Kier alpha value is -2.68. The van der Waals surface area contributed by atoms with E-state index in [-0.39, 0.29) is 11.9 Å². The van der Waals surface area contributed by atoms with Crippen LogP contribution in [0.1, 0.15) is 43.0 Å². The van der Waals surface area contributed by atoms with Gasteiger partial charge in [-0.3, -0.25) is 14.6 Å². The largest absolute Gasteiger partial charge is 0.340 e. The summed E-state index contributed by atoms with van der Waals surface area (Å²) >= 11 is 0. The SMILES string of the molecule is CCN(CC)C(C(=O)N1CCCN(Cc2ccc(C#N)cc2)CC1)c1ccccc1. The minimum atomic E-state index is -0.216. The van der Waals surface area contributed by atoms with Crippen molar-refractivity contribution in [2.75, 3.05) is 39.3 Å². The molecule has 0 bridgehead atoms. The number of nitrogens with zero attached hydrogens (tertiary/aromatic N) is 4. The average molecular weight is 405 g/mol. The Bertz CT molecular complexity index is 840. The topological polar surface area (TPSA) is 50.6 Å². The number of rotatable bonds is 7. The summed E-state index contributed by atoms with van der Waals surface area (Å²) in [5.41, 5.74) is 2.97. The quantitative estimate of drug-likeness (QED) is 0.706.